The molecule has 7 heteroatoms. The fourth-order valence-corrected chi connectivity index (χ4v) is 3.69. The van der Waals surface area contributed by atoms with Gasteiger partial charge in [0.25, 0.3) is 5.91 Å². The number of hydrogen-bond donors (Lipinski definition) is 1. The minimum absolute atomic E-state index is 0.263. The van der Waals surface area contributed by atoms with Gasteiger partial charge in [0.05, 0.1) is 5.01 Å². The Morgan fingerprint density at radius 3 is 2.96 bits per heavy atom. The predicted octanol–water partition coefficient (Wildman–Crippen LogP) is 2.95. The number of rotatable bonds is 4. The highest BCUT2D eigenvalue weighted by Gasteiger charge is 2.33. The molecule has 1 aliphatic rings. The topological polar surface area (TPSA) is 70.5 Å². The van der Waals surface area contributed by atoms with Gasteiger partial charge in [-0.3, -0.25) is 4.79 Å². The lowest BCUT2D eigenvalue weighted by Gasteiger charge is -2.32. The van der Waals surface area contributed by atoms with E-state index in [0.29, 0.717) is 24.4 Å². The van der Waals surface area contributed by atoms with Crippen LogP contribution in [0.1, 0.15) is 40.3 Å². The Hall–Kier alpha value is -2.28. The van der Waals surface area contributed by atoms with E-state index in [1.54, 1.807) is 17.5 Å². The number of benzene rings is 1. The van der Waals surface area contributed by atoms with E-state index in [-0.39, 0.29) is 17.4 Å². The number of carbonyl (C=O) groups is 2. The minimum atomic E-state index is -0.974. The van der Waals surface area contributed by atoms with E-state index in [1.165, 1.54) is 28.4 Å². The molecular formula is C17H17FN2O3S. The fraction of sp³-hybridized carbons (Fsp3) is 0.353. The molecule has 0 radical (unpaired) electrons. The van der Waals surface area contributed by atoms with Gasteiger partial charge in [-0.05, 0) is 37.0 Å². The van der Waals surface area contributed by atoms with Crippen LogP contribution in [0, 0.1) is 5.82 Å². The fourth-order valence-electron chi connectivity index (χ4n) is 2.89. The van der Waals surface area contributed by atoms with Crippen LogP contribution < -0.4 is 0 Å². The lowest BCUT2D eigenvalue weighted by atomic mass is 10.0. The Bertz CT molecular complexity index is 762. The Morgan fingerprint density at radius 1 is 1.38 bits per heavy atom. The molecule has 1 amide bonds. The van der Waals surface area contributed by atoms with Crippen molar-refractivity contribution in [1.29, 1.82) is 0 Å². The van der Waals surface area contributed by atoms with Crippen molar-refractivity contribution in [2.45, 2.75) is 31.7 Å². The van der Waals surface area contributed by atoms with Crippen LogP contribution in [0.2, 0.25) is 0 Å². The maximum atomic E-state index is 13.2. The monoisotopic (exact) mass is 348 g/mol. The molecule has 1 fully saturated rings. The van der Waals surface area contributed by atoms with Crippen molar-refractivity contribution >= 4 is 23.2 Å². The highest BCUT2D eigenvalue weighted by molar-refractivity contribution is 7.09. The summed E-state index contributed by atoms with van der Waals surface area (Å²) in [6.07, 6.45) is 2.53. The van der Waals surface area contributed by atoms with Crippen LogP contribution in [-0.4, -0.2) is 39.5 Å². The standard InChI is InChI=1S/C17H17FN2O3S/c18-12-5-3-4-11(8-12)9-15-19-13(10-24-15)16(21)20-7-2-1-6-14(20)17(22)23/h3-5,8,10,14H,1-2,6-7,9H2,(H,22,23). The van der Waals surface area contributed by atoms with E-state index < -0.39 is 12.0 Å². The second kappa shape index (κ2) is 7.09. The largest absolute Gasteiger partial charge is 0.480 e. The summed E-state index contributed by atoms with van der Waals surface area (Å²) >= 11 is 1.32. The third-order valence-electron chi connectivity index (χ3n) is 4.06. The van der Waals surface area contributed by atoms with Crippen LogP contribution in [0.3, 0.4) is 0 Å². The number of thiazole rings is 1. The summed E-state index contributed by atoms with van der Waals surface area (Å²) in [5, 5.41) is 11.6. The molecule has 0 aliphatic carbocycles. The zero-order valence-corrected chi connectivity index (χ0v) is 13.8. The summed E-state index contributed by atoms with van der Waals surface area (Å²) in [4.78, 5) is 29.6. The van der Waals surface area contributed by atoms with Crippen molar-refractivity contribution in [1.82, 2.24) is 9.88 Å². The van der Waals surface area contributed by atoms with E-state index in [2.05, 4.69) is 4.98 Å². The maximum absolute atomic E-state index is 13.2. The van der Waals surface area contributed by atoms with E-state index in [0.717, 1.165) is 18.4 Å². The molecule has 1 aromatic heterocycles. The van der Waals surface area contributed by atoms with Gasteiger partial charge in [0, 0.05) is 18.3 Å². The normalized spacial score (nSPS) is 17.7. The van der Waals surface area contributed by atoms with Gasteiger partial charge < -0.3 is 10.0 Å². The number of likely N-dealkylation sites (tertiary alicyclic amines) is 1. The number of hydrogen-bond acceptors (Lipinski definition) is 4. The summed E-state index contributed by atoms with van der Waals surface area (Å²) in [7, 11) is 0. The molecule has 0 spiro atoms. The Labute approximate surface area is 142 Å². The first-order valence-electron chi connectivity index (χ1n) is 7.77. The van der Waals surface area contributed by atoms with Gasteiger partial charge in [-0.2, -0.15) is 0 Å². The van der Waals surface area contributed by atoms with Crippen molar-refractivity contribution in [3.05, 3.63) is 51.7 Å². The van der Waals surface area contributed by atoms with Gasteiger partial charge in [-0.15, -0.1) is 11.3 Å². The molecule has 5 nitrogen and oxygen atoms in total. The number of carbonyl (C=O) groups excluding carboxylic acids is 1. The van der Waals surface area contributed by atoms with Crippen LogP contribution in [-0.2, 0) is 11.2 Å². The molecule has 2 aromatic rings. The van der Waals surface area contributed by atoms with Gasteiger partial charge in [0.1, 0.15) is 17.6 Å². The van der Waals surface area contributed by atoms with Crippen LogP contribution in [0.4, 0.5) is 4.39 Å². The summed E-state index contributed by atoms with van der Waals surface area (Å²) in [6.45, 7) is 0.437. The third-order valence-corrected chi connectivity index (χ3v) is 4.91. The van der Waals surface area contributed by atoms with E-state index in [9.17, 15) is 19.1 Å². The predicted molar refractivity (Wildman–Crippen MR) is 87.6 cm³/mol. The molecule has 1 aliphatic heterocycles. The molecule has 3 rings (SSSR count). The molecule has 0 bridgehead atoms. The molecule has 1 saturated heterocycles. The summed E-state index contributed by atoms with van der Waals surface area (Å²) in [5.74, 6) is -1.62. The summed E-state index contributed by atoms with van der Waals surface area (Å²) in [5.41, 5.74) is 1.05. The minimum Gasteiger partial charge on any atom is -0.480 e. The average Bonchev–Trinajstić information content (AvgIpc) is 3.02. The maximum Gasteiger partial charge on any atom is 0.326 e. The Morgan fingerprint density at radius 2 is 2.21 bits per heavy atom. The summed E-state index contributed by atoms with van der Waals surface area (Å²) in [6, 6.07) is 5.48. The molecule has 2 heterocycles. The molecule has 1 atom stereocenters. The van der Waals surface area contributed by atoms with Gasteiger partial charge in [0.2, 0.25) is 0 Å². The number of piperidine rings is 1. The molecular weight excluding hydrogens is 331 g/mol. The van der Waals surface area contributed by atoms with Gasteiger partial charge >= 0.3 is 5.97 Å². The quantitative estimate of drug-likeness (QED) is 0.922. The second-order valence-electron chi connectivity index (χ2n) is 5.78. The smallest absolute Gasteiger partial charge is 0.326 e. The van der Waals surface area contributed by atoms with Gasteiger partial charge in [-0.25, -0.2) is 14.2 Å². The molecule has 1 unspecified atom stereocenters. The highest BCUT2D eigenvalue weighted by Crippen LogP contribution is 2.22. The van der Waals surface area contributed by atoms with Crippen molar-refractivity contribution < 1.29 is 19.1 Å². The summed E-state index contributed by atoms with van der Waals surface area (Å²) < 4.78 is 13.2. The molecule has 126 valence electrons. The molecule has 0 saturated carbocycles. The van der Waals surface area contributed by atoms with E-state index in [4.69, 9.17) is 0 Å². The van der Waals surface area contributed by atoms with Crippen molar-refractivity contribution in [2.75, 3.05) is 6.54 Å². The second-order valence-corrected chi connectivity index (χ2v) is 6.72. The number of carboxylic acids is 1. The number of carboxylic acid groups (broad SMARTS) is 1. The lowest BCUT2D eigenvalue weighted by molar-refractivity contribution is -0.143. The first-order chi connectivity index (χ1) is 11.5. The number of aliphatic carboxylic acids is 1. The van der Waals surface area contributed by atoms with Gasteiger partial charge in [0.15, 0.2) is 0 Å². The molecule has 24 heavy (non-hydrogen) atoms. The van der Waals surface area contributed by atoms with Gasteiger partial charge in [-0.1, -0.05) is 12.1 Å². The zero-order chi connectivity index (χ0) is 17.1. The first kappa shape index (κ1) is 16.6. The van der Waals surface area contributed by atoms with E-state index >= 15 is 0 Å². The number of nitrogens with zero attached hydrogens (tertiary/aromatic N) is 2. The Balaban J connectivity index is 1.74. The van der Waals surface area contributed by atoms with Crippen molar-refractivity contribution in [3.63, 3.8) is 0 Å². The lowest BCUT2D eigenvalue weighted by Crippen LogP contribution is -2.48. The van der Waals surface area contributed by atoms with E-state index in [1.807, 2.05) is 0 Å². The number of amides is 1. The SMILES string of the molecule is O=C(O)C1CCCCN1C(=O)c1csc(Cc2cccc(F)c2)n1. The van der Waals surface area contributed by atoms with Crippen molar-refractivity contribution in [2.24, 2.45) is 0 Å². The van der Waals surface area contributed by atoms with Crippen molar-refractivity contribution in [3.8, 4) is 0 Å². The first-order valence-corrected chi connectivity index (χ1v) is 8.65. The van der Waals surface area contributed by atoms with Crippen LogP contribution in [0.5, 0.6) is 0 Å². The third kappa shape index (κ3) is 3.62. The Kier molecular flexibility index (Phi) is 4.89. The molecule has 1 aromatic carbocycles. The highest BCUT2D eigenvalue weighted by atomic mass is 32.1. The zero-order valence-electron chi connectivity index (χ0n) is 12.9. The molecule has 1 N–H and O–H groups in total. The van der Waals surface area contributed by atoms with Crippen LogP contribution in [0.15, 0.2) is 29.6 Å². The number of aromatic nitrogens is 1. The van der Waals surface area contributed by atoms with Crippen LogP contribution in [0.25, 0.3) is 0 Å². The number of halogens is 1. The van der Waals surface area contributed by atoms with Crippen LogP contribution >= 0.6 is 11.3 Å². The average molecular weight is 348 g/mol.